The van der Waals surface area contributed by atoms with Crippen molar-refractivity contribution >= 4 is 5.91 Å². The summed E-state index contributed by atoms with van der Waals surface area (Å²) in [6.45, 7) is 2.69. The van der Waals surface area contributed by atoms with Gasteiger partial charge < -0.3 is 10.0 Å². The Balaban J connectivity index is 1.82. The van der Waals surface area contributed by atoms with E-state index in [0.717, 1.165) is 17.5 Å². The Bertz CT molecular complexity index is 716. The minimum Gasteiger partial charge on any atom is -0.396 e. The Labute approximate surface area is 148 Å². The van der Waals surface area contributed by atoms with Gasteiger partial charge in [0.1, 0.15) is 5.82 Å². The highest BCUT2D eigenvalue weighted by molar-refractivity contribution is 5.79. The first-order valence-electron chi connectivity index (χ1n) is 8.77. The number of carbonyl (C=O) groups excluding carboxylic acids is 1. The molecule has 1 amide bonds. The molecule has 1 aliphatic rings. The van der Waals surface area contributed by atoms with Gasteiger partial charge >= 0.3 is 0 Å². The van der Waals surface area contributed by atoms with Gasteiger partial charge in [0.05, 0.1) is 6.04 Å². The lowest BCUT2D eigenvalue weighted by Gasteiger charge is -2.43. The molecule has 1 heterocycles. The number of aliphatic hydroxyl groups excluding tert-OH is 1. The molecule has 0 aromatic heterocycles. The lowest BCUT2D eigenvalue weighted by molar-refractivity contribution is -0.138. The molecule has 0 aliphatic carbocycles. The fourth-order valence-electron chi connectivity index (χ4n) is 3.88. The average molecular weight is 341 g/mol. The molecule has 1 saturated heterocycles. The van der Waals surface area contributed by atoms with Gasteiger partial charge in [-0.05, 0) is 43.0 Å². The average Bonchev–Trinajstić information content (AvgIpc) is 2.63. The van der Waals surface area contributed by atoms with Crippen molar-refractivity contribution in [3.63, 3.8) is 0 Å². The number of hydrogen-bond donors (Lipinski definition) is 1. The van der Waals surface area contributed by atoms with Crippen LogP contribution in [-0.4, -0.2) is 29.1 Å². The largest absolute Gasteiger partial charge is 0.396 e. The minimum absolute atomic E-state index is 0.0128. The van der Waals surface area contributed by atoms with Crippen LogP contribution in [-0.2, 0) is 10.2 Å². The second-order valence-electron chi connectivity index (χ2n) is 6.86. The molecule has 1 fully saturated rings. The number of carbonyl (C=O) groups is 1. The van der Waals surface area contributed by atoms with Crippen LogP contribution in [0.1, 0.15) is 43.4 Å². The van der Waals surface area contributed by atoms with E-state index in [1.807, 2.05) is 42.2 Å². The predicted molar refractivity (Wildman–Crippen MR) is 95.6 cm³/mol. The maximum atomic E-state index is 13.3. The van der Waals surface area contributed by atoms with Crippen molar-refractivity contribution in [2.45, 2.75) is 37.6 Å². The molecule has 2 aromatic carbocycles. The number of amides is 1. The second-order valence-corrected chi connectivity index (χ2v) is 6.86. The third-order valence-corrected chi connectivity index (χ3v) is 5.44. The number of likely N-dealkylation sites (tertiary alicyclic amines) is 1. The van der Waals surface area contributed by atoms with E-state index in [2.05, 4.69) is 0 Å². The third kappa shape index (κ3) is 3.59. The molecule has 0 spiro atoms. The van der Waals surface area contributed by atoms with Crippen LogP contribution in [0.3, 0.4) is 0 Å². The van der Waals surface area contributed by atoms with Crippen molar-refractivity contribution in [2.24, 2.45) is 0 Å². The SMILES string of the molecule is C[C@H](c1ccccc1)N1CC[C@@](CCO)(c2ccc(F)cc2)CC1=O. The number of aliphatic hydroxyl groups is 1. The highest BCUT2D eigenvalue weighted by atomic mass is 19.1. The summed E-state index contributed by atoms with van der Waals surface area (Å²) in [5.74, 6) is -0.204. The highest BCUT2D eigenvalue weighted by Gasteiger charge is 2.41. The van der Waals surface area contributed by atoms with Gasteiger partial charge in [0.15, 0.2) is 0 Å². The molecule has 25 heavy (non-hydrogen) atoms. The Morgan fingerprint density at radius 3 is 2.44 bits per heavy atom. The molecule has 0 radical (unpaired) electrons. The first-order valence-corrected chi connectivity index (χ1v) is 8.77. The van der Waals surface area contributed by atoms with Gasteiger partial charge in [0, 0.05) is 25.0 Å². The number of rotatable bonds is 5. The Morgan fingerprint density at radius 2 is 1.84 bits per heavy atom. The lowest BCUT2D eigenvalue weighted by Crippen LogP contribution is -2.47. The number of halogens is 1. The van der Waals surface area contributed by atoms with Crippen molar-refractivity contribution in [3.05, 3.63) is 71.5 Å². The molecule has 0 bridgehead atoms. The van der Waals surface area contributed by atoms with Gasteiger partial charge in [-0.2, -0.15) is 0 Å². The standard InChI is InChI=1S/C21H24FNO2/c1-16(17-5-3-2-4-6-17)23-13-11-21(12-14-24,15-20(23)25)18-7-9-19(22)10-8-18/h2-10,16,24H,11-15H2,1H3/t16-,21+/m1/s1. The van der Waals surface area contributed by atoms with Crippen molar-refractivity contribution in [2.75, 3.05) is 13.2 Å². The van der Waals surface area contributed by atoms with Crippen LogP contribution >= 0.6 is 0 Å². The minimum atomic E-state index is -0.410. The quantitative estimate of drug-likeness (QED) is 0.898. The summed E-state index contributed by atoms with van der Waals surface area (Å²) < 4.78 is 13.3. The Morgan fingerprint density at radius 1 is 1.16 bits per heavy atom. The van der Waals surface area contributed by atoms with E-state index in [0.29, 0.717) is 19.4 Å². The lowest BCUT2D eigenvalue weighted by atomic mass is 9.70. The monoisotopic (exact) mass is 341 g/mol. The fraction of sp³-hybridized carbons (Fsp3) is 0.381. The number of piperidine rings is 1. The van der Waals surface area contributed by atoms with Gasteiger partial charge in [-0.25, -0.2) is 4.39 Å². The zero-order chi connectivity index (χ0) is 17.9. The first-order chi connectivity index (χ1) is 12.1. The summed E-state index contributed by atoms with van der Waals surface area (Å²) in [6, 6.07) is 16.4. The van der Waals surface area contributed by atoms with E-state index in [-0.39, 0.29) is 24.4 Å². The van der Waals surface area contributed by atoms with Crippen LogP contribution in [0.5, 0.6) is 0 Å². The maximum absolute atomic E-state index is 13.3. The van der Waals surface area contributed by atoms with Gasteiger partial charge in [-0.3, -0.25) is 4.79 Å². The molecule has 3 nitrogen and oxygen atoms in total. The Kier molecular flexibility index (Phi) is 5.19. The highest BCUT2D eigenvalue weighted by Crippen LogP contribution is 2.41. The first kappa shape index (κ1) is 17.6. The zero-order valence-corrected chi connectivity index (χ0v) is 14.5. The molecule has 1 aliphatic heterocycles. The van der Waals surface area contributed by atoms with Crippen LogP contribution in [0, 0.1) is 5.82 Å². The predicted octanol–water partition coefficient (Wildman–Crippen LogP) is 3.83. The van der Waals surface area contributed by atoms with Crippen LogP contribution in [0.4, 0.5) is 4.39 Å². The topological polar surface area (TPSA) is 40.5 Å². The zero-order valence-electron chi connectivity index (χ0n) is 14.5. The molecule has 1 N–H and O–H groups in total. The molecule has 3 rings (SSSR count). The van der Waals surface area contributed by atoms with Gasteiger partial charge in [-0.15, -0.1) is 0 Å². The molecule has 0 unspecified atom stereocenters. The number of nitrogens with zero attached hydrogens (tertiary/aromatic N) is 1. The van der Waals surface area contributed by atoms with Crippen molar-refractivity contribution in [3.8, 4) is 0 Å². The summed E-state index contributed by atoms with van der Waals surface area (Å²) in [6.07, 6.45) is 1.62. The molecule has 4 heteroatoms. The van der Waals surface area contributed by atoms with Crippen molar-refractivity contribution in [1.29, 1.82) is 0 Å². The van der Waals surface area contributed by atoms with Gasteiger partial charge in [0.25, 0.3) is 0 Å². The molecule has 132 valence electrons. The van der Waals surface area contributed by atoms with Gasteiger partial charge in [0.2, 0.25) is 5.91 Å². The molecule has 0 saturated carbocycles. The normalized spacial score (nSPS) is 22.0. The second kappa shape index (κ2) is 7.36. The van der Waals surface area contributed by atoms with E-state index >= 15 is 0 Å². The summed E-state index contributed by atoms with van der Waals surface area (Å²) in [4.78, 5) is 14.8. The third-order valence-electron chi connectivity index (χ3n) is 5.44. The number of hydrogen-bond acceptors (Lipinski definition) is 2. The van der Waals surface area contributed by atoms with Crippen LogP contribution in [0.25, 0.3) is 0 Å². The summed E-state index contributed by atoms with van der Waals surface area (Å²) in [5.41, 5.74) is 1.64. The molecule has 2 atom stereocenters. The summed E-state index contributed by atoms with van der Waals surface area (Å²) in [7, 11) is 0. The summed E-state index contributed by atoms with van der Waals surface area (Å²) >= 11 is 0. The van der Waals surface area contributed by atoms with Crippen LogP contribution in [0.15, 0.2) is 54.6 Å². The van der Waals surface area contributed by atoms with E-state index in [1.165, 1.54) is 12.1 Å². The molecular weight excluding hydrogens is 317 g/mol. The van der Waals surface area contributed by atoms with Crippen molar-refractivity contribution in [1.82, 2.24) is 4.90 Å². The smallest absolute Gasteiger partial charge is 0.223 e. The number of benzene rings is 2. The van der Waals surface area contributed by atoms with E-state index in [1.54, 1.807) is 12.1 Å². The van der Waals surface area contributed by atoms with Crippen LogP contribution < -0.4 is 0 Å². The van der Waals surface area contributed by atoms with E-state index < -0.39 is 5.41 Å². The maximum Gasteiger partial charge on any atom is 0.223 e. The van der Waals surface area contributed by atoms with Crippen LogP contribution in [0.2, 0.25) is 0 Å². The van der Waals surface area contributed by atoms with Gasteiger partial charge in [-0.1, -0.05) is 42.5 Å². The fourth-order valence-corrected chi connectivity index (χ4v) is 3.88. The van der Waals surface area contributed by atoms with E-state index in [4.69, 9.17) is 0 Å². The molecule has 2 aromatic rings. The van der Waals surface area contributed by atoms with Crippen molar-refractivity contribution < 1.29 is 14.3 Å². The molecular formula is C21H24FNO2. The Hall–Kier alpha value is -2.20. The summed E-state index contributed by atoms with van der Waals surface area (Å²) in [5, 5.41) is 9.54. The van der Waals surface area contributed by atoms with E-state index in [9.17, 15) is 14.3 Å².